The number of pyridine rings is 2. The molecular weight excluding hydrogens is 436 g/mol. The predicted molar refractivity (Wildman–Crippen MR) is 140 cm³/mol. The van der Waals surface area contributed by atoms with Crippen molar-refractivity contribution >= 4 is 21.5 Å². The Morgan fingerprint density at radius 1 is 0.528 bits per heavy atom. The molecule has 1 aliphatic carbocycles. The average molecular weight is 459 g/mol. The van der Waals surface area contributed by atoms with Crippen LogP contribution in [0.5, 0.6) is 0 Å². The third kappa shape index (κ3) is 1.77. The van der Waals surface area contributed by atoms with Crippen LogP contribution in [-0.2, 0) is 24.9 Å². The molecule has 4 aromatic carbocycles. The molecule has 0 bridgehead atoms. The van der Waals surface area contributed by atoms with Crippen LogP contribution in [0.3, 0.4) is 0 Å². The maximum Gasteiger partial charge on any atom is 0.417 e. The summed E-state index contributed by atoms with van der Waals surface area (Å²) in [6.07, 6.45) is 2.97. The van der Waals surface area contributed by atoms with Crippen molar-refractivity contribution in [3.8, 4) is 11.4 Å². The second kappa shape index (κ2) is 5.74. The largest absolute Gasteiger partial charge is 0.417 e. The summed E-state index contributed by atoms with van der Waals surface area (Å²) in [5.41, 5.74) is 14.2. The molecule has 166 valence electrons. The van der Waals surface area contributed by atoms with E-state index in [1.165, 1.54) is 77.7 Å². The van der Waals surface area contributed by atoms with E-state index in [9.17, 15) is 0 Å². The molecule has 5 heterocycles. The van der Waals surface area contributed by atoms with Crippen LogP contribution in [0.1, 0.15) is 44.8 Å². The van der Waals surface area contributed by atoms with Crippen LogP contribution < -0.4 is 9.13 Å². The molecule has 4 aliphatic rings. The van der Waals surface area contributed by atoms with Crippen LogP contribution in [0.15, 0.2) is 97.1 Å². The molecule has 0 radical (unpaired) electrons. The van der Waals surface area contributed by atoms with E-state index in [0.717, 1.165) is 19.3 Å². The SMILES string of the molecule is c1cc2c3c(c1)Cc1cc4ccccc4c4[n+]1C31c3c(cccc3Cc3c5ccccc5cc-4[n+]31)C2. The first-order valence-electron chi connectivity index (χ1n) is 13.0. The molecule has 1 unspecified atom stereocenters. The molecule has 2 nitrogen and oxygen atoms in total. The molecule has 0 N–H and O–H groups in total. The van der Waals surface area contributed by atoms with Gasteiger partial charge in [-0.1, -0.05) is 72.8 Å². The minimum atomic E-state index is -0.351. The van der Waals surface area contributed by atoms with Crippen LogP contribution in [0.4, 0.5) is 0 Å². The molecule has 0 saturated carbocycles. The van der Waals surface area contributed by atoms with Gasteiger partial charge in [0.05, 0.1) is 18.2 Å². The number of aromatic nitrogens is 2. The lowest BCUT2D eigenvalue weighted by atomic mass is 9.69. The van der Waals surface area contributed by atoms with E-state index in [1.807, 2.05) is 0 Å². The monoisotopic (exact) mass is 458 g/mol. The summed E-state index contributed by atoms with van der Waals surface area (Å²) in [6, 6.07) is 37.0. The molecule has 3 aliphatic heterocycles. The van der Waals surface area contributed by atoms with E-state index < -0.39 is 0 Å². The van der Waals surface area contributed by atoms with Gasteiger partial charge in [0.1, 0.15) is 11.1 Å². The highest BCUT2D eigenvalue weighted by Gasteiger charge is 2.71. The fourth-order valence-electron chi connectivity index (χ4n) is 8.22. The van der Waals surface area contributed by atoms with Gasteiger partial charge in [-0.3, -0.25) is 0 Å². The second-order valence-corrected chi connectivity index (χ2v) is 10.9. The van der Waals surface area contributed by atoms with Gasteiger partial charge in [-0.05, 0) is 51.6 Å². The van der Waals surface area contributed by atoms with Crippen molar-refractivity contribution in [3.63, 3.8) is 0 Å². The molecular formula is C34H22N2+2. The molecule has 1 spiro atoms. The summed E-state index contributed by atoms with van der Waals surface area (Å²) >= 11 is 0. The quantitative estimate of drug-likeness (QED) is 0.263. The zero-order valence-corrected chi connectivity index (χ0v) is 19.8. The van der Waals surface area contributed by atoms with E-state index in [4.69, 9.17) is 0 Å². The summed E-state index contributed by atoms with van der Waals surface area (Å²) < 4.78 is 5.51. The minimum Gasteiger partial charge on any atom is -0.116 e. The number of nitrogens with zero attached hydrogens (tertiary/aromatic N) is 2. The number of hydrogen-bond acceptors (Lipinski definition) is 0. The van der Waals surface area contributed by atoms with Crippen molar-refractivity contribution in [1.29, 1.82) is 0 Å². The Balaban J connectivity index is 1.56. The third-order valence-electron chi connectivity index (χ3n) is 9.30. The van der Waals surface area contributed by atoms with Gasteiger partial charge in [-0.25, -0.2) is 0 Å². The van der Waals surface area contributed by atoms with E-state index in [-0.39, 0.29) is 5.66 Å². The Kier molecular flexibility index (Phi) is 2.87. The Morgan fingerprint density at radius 3 is 1.89 bits per heavy atom. The number of hydrogen-bond donors (Lipinski definition) is 0. The third-order valence-corrected chi connectivity index (χ3v) is 9.30. The molecule has 0 amide bonds. The zero-order chi connectivity index (χ0) is 23.2. The topological polar surface area (TPSA) is 7.76 Å². The molecule has 10 rings (SSSR count). The molecule has 2 heteroatoms. The lowest BCUT2D eigenvalue weighted by Crippen LogP contribution is -2.77. The molecule has 36 heavy (non-hydrogen) atoms. The van der Waals surface area contributed by atoms with E-state index in [1.54, 1.807) is 0 Å². The predicted octanol–water partition coefficient (Wildman–Crippen LogP) is 5.56. The van der Waals surface area contributed by atoms with Gasteiger partial charge in [-0.2, -0.15) is 0 Å². The zero-order valence-electron chi connectivity index (χ0n) is 19.8. The Morgan fingerprint density at radius 2 is 1.14 bits per heavy atom. The summed E-state index contributed by atoms with van der Waals surface area (Å²) in [7, 11) is 0. The van der Waals surface area contributed by atoms with Crippen LogP contribution in [0, 0.1) is 0 Å². The molecule has 0 saturated heterocycles. The standard InChI is InChI=1S/C34H22N2/c1-3-13-27-21(8-1)18-30-33-28-14-4-2-7-20(28)16-26-17-24-11-5-9-22-15-23-10-6-12-25-19-29(27)36(30)34(31(22)24,32(23)25)35(26)33/h1-14,16,18H,15,17,19H2/q+2. The van der Waals surface area contributed by atoms with Crippen LogP contribution >= 0.6 is 0 Å². The van der Waals surface area contributed by atoms with Crippen molar-refractivity contribution in [3.05, 3.63) is 142 Å². The van der Waals surface area contributed by atoms with Gasteiger partial charge < -0.3 is 0 Å². The number of fused-ring (bicyclic) bond motifs is 5. The Labute approximate surface area is 208 Å². The van der Waals surface area contributed by atoms with Gasteiger partial charge >= 0.3 is 5.66 Å². The molecule has 2 aromatic heterocycles. The van der Waals surface area contributed by atoms with Crippen molar-refractivity contribution in [2.75, 3.05) is 0 Å². The van der Waals surface area contributed by atoms with E-state index >= 15 is 0 Å². The van der Waals surface area contributed by atoms with Crippen LogP contribution in [0.25, 0.3) is 32.9 Å². The first-order valence-corrected chi connectivity index (χ1v) is 13.0. The molecule has 0 fully saturated rings. The number of rotatable bonds is 0. The van der Waals surface area contributed by atoms with Crippen molar-refractivity contribution in [2.45, 2.75) is 24.9 Å². The summed E-state index contributed by atoms with van der Waals surface area (Å²) in [6.45, 7) is 0. The minimum absolute atomic E-state index is 0.351. The summed E-state index contributed by atoms with van der Waals surface area (Å²) in [5.74, 6) is 0. The summed E-state index contributed by atoms with van der Waals surface area (Å²) in [4.78, 5) is 0. The molecule has 6 aromatic rings. The second-order valence-electron chi connectivity index (χ2n) is 10.9. The van der Waals surface area contributed by atoms with Crippen molar-refractivity contribution in [2.24, 2.45) is 0 Å². The van der Waals surface area contributed by atoms with Crippen molar-refractivity contribution in [1.82, 2.24) is 0 Å². The fraction of sp³-hybridized carbons (Fsp3) is 0.118. The first-order chi connectivity index (χ1) is 17.8. The lowest BCUT2D eigenvalue weighted by molar-refractivity contribution is -0.945. The highest BCUT2D eigenvalue weighted by Crippen LogP contribution is 2.51. The van der Waals surface area contributed by atoms with E-state index in [2.05, 4.69) is 106 Å². The Bertz CT molecular complexity index is 2010. The Hall–Kier alpha value is -4.30. The highest BCUT2D eigenvalue weighted by atomic mass is 15.4. The maximum absolute atomic E-state index is 2.76. The van der Waals surface area contributed by atoms with Crippen molar-refractivity contribution < 1.29 is 9.13 Å². The van der Waals surface area contributed by atoms with Crippen LogP contribution in [-0.4, -0.2) is 0 Å². The highest BCUT2D eigenvalue weighted by molar-refractivity contribution is 5.95. The van der Waals surface area contributed by atoms with Gasteiger partial charge in [0.15, 0.2) is 5.69 Å². The van der Waals surface area contributed by atoms with Gasteiger partial charge in [-0.15, -0.1) is 9.13 Å². The normalized spacial score (nSPS) is 18.9. The average Bonchev–Trinajstić information content (AvgIpc) is 3.22. The lowest BCUT2D eigenvalue weighted by Gasteiger charge is -2.37. The molecule has 1 atom stereocenters. The number of benzene rings is 4. The summed E-state index contributed by atoms with van der Waals surface area (Å²) in [5, 5.41) is 5.39. The van der Waals surface area contributed by atoms with Crippen LogP contribution in [0.2, 0.25) is 0 Å². The van der Waals surface area contributed by atoms with Gasteiger partial charge in [0.2, 0.25) is 5.69 Å². The smallest absolute Gasteiger partial charge is 0.116 e. The first kappa shape index (κ1) is 18.0. The van der Waals surface area contributed by atoms with Gasteiger partial charge in [0.25, 0.3) is 11.4 Å². The van der Waals surface area contributed by atoms with E-state index in [0.29, 0.717) is 0 Å². The maximum atomic E-state index is 2.76. The van der Waals surface area contributed by atoms with Gasteiger partial charge in [0, 0.05) is 17.5 Å². The fourth-order valence-corrected chi connectivity index (χ4v) is 8.22.